The van der Waals surface area contributed by atoms with Crippen molar-refractivity contribution >= 4 is 42.3 Å². The van der Waals surface area contributed by atoms with Crippen molar-refractivity contribution in [1.82, 2.24) is 9.29 Å². The van der Waals surface area contributed by atoms with Crippen molar-refractivity contribution in [3.05, 3.63) is 33.0 Å². The molecule has 0 bridgehead atoms. The quantitative estimate of drug-likeness (QED) is 0.604. The monoisotopic (exact) mass is 490 g/mol. The molecule has 13 heteroatoms. The number of hydrogen-bond acceptors (Lipinski definition) is 8. The van der Waals surface area contributed by atoms with Gasteiger partial charge in [0.1, 0.15) is 5.69 Å². The molecule has 1 aromatic heterocycles. The summed E-state index contributed by atoms with van der Waals surface area (Å²) in [5.41, 5.74) is -2.50. The highest BCUT2D eigenvalue weighted by molar-refractivity contribution is 7.89. The summed E-state index contributed by atoms with van der Waals surface area (Å²) in [6.07, 6.45) is -0.544. The molecule has 2 fully saturated rings. The Labute approximate surface area is 186 Å². The van der Waals surface area contributed by atoms with Crippen LogP contribution in [0.5, 0.6) is 0 Å². The fraction of sp³-hybridized carbons (Fsp3) is 0.579. The minimum Gasteiger partial charge on any atom is -0.345 e. The van der Waals surface area contributed by atoms with Gasteiger partial charge < -0.3 is 4.90 Å². The largest absolute Gasteiger partial charge is 0.416 e. The fourth-order valence-corrected chi connectivity index (χ4v) is 7.32. The van der Waals surface area contributed by atoms with Gasteiger partial charge in [-0.15, -0.1) is 4.91 Å². The first-order chi connectivity index (χ1) is 15.1. The van der Waals surface area contributed by atoms with Gasteiger partial charge in [0.25, 0.3) is 5.56 Å². The summed E-state index contributed by atoms with van der Waals surface area (Å²) in [5.74, 6) is 0. The second-order valence-corrected chi connectivity index (χ2v) is 11.1. The smallest absolute Gasteiger partial charge is 0.345 e. The zero-order valence-electron chi connectivity index (χ0n) is 17.0. The van der Waals surface area contributed by atoms with Crippen LogP contribution >= 0.6 is 11.3 Å². The number of rotatable bonds is 4. The first kappa shape index (κ1) is 23.1. The number of halogens is 3. The molecule has 32 heavy (non-hydrogen) atoms. The van der Waals surface area contributed by atoms with E-state index in [0.29, 0.717) is 25.0 Å². The van der Waals surface area contributed by atoms with Crippen molar-refractivity contribution in [1.29, 1.82) is 0 Å². The number of sulfonamides is 1. The van der Waals surface area contributed by atoms with E-state index in [9.17, 15) is 31.3 Å². The van der Waals surface area contributed by atoms with Crippen molar-refractivity contribution in [2.45, 2.75) is 43.5 Å². The van der Waals surface area contributed by atoms with E-state index in [1.807, 2.05) is 0 Å². The topological polar surface area (TPSA) is 100 Å². The van der Waals surface area contributed by atoms with Gasteiger partial charge in [0.2, 0.25) is 10.0 Å². The highest BCUT2D eigenvalue weighted by Gasteiger charge is 2.36. The Balaban J connectivity index is 1.59. The number of hydrogen-bond donors (Lipinski definition) is 0. The summed E-state index contributed by atoms with van der Waals surface area (Å²) < 4.78 is 66.6. The first-order valence-corrected chi connectivity index (χ1v) is 12.6. The molecule has 2 aromatic rings. The number of anilines is 1. The maximum atomic E-state index is 13.1. The molecule has 1 aliphatic carbocycles. The number of alkyl halides is 3. The summed E-state index contributed by atoms with van der Waals surface area (Å²) >= 11 is 0.901. The predicted octanol–water partition coefficient (Wildman–Crippen LogP) is 3.86. The molecule has 1 aliphatic heterocycles. The summed E-state index contributed by atoms with van der Waals surface area (Å²) in [7, 11) is -3.40. The average Bonchev–Trinajstić information content (AvgIpc) is 2.78. The Hall–Kier alpha value is -2.12. The molecule has 0 amide bonds. The maximum Gasteiger partial charge on any atom is 0.416 e. The van der Waals surface area contributed by atoms with Gasteiger partial charge in [-0.1, -0.05) is 30.6 Å². The zero-order valence-corrected chi connectivity index (χ0v) is 18.6. The molecule has 2 heterocycles. The molecule has 0 spiro atoms. The maximum absolute atomic E-state index is 13.1. The van der Waals surface area contributed by atoms with E-state index >= 15 is 0 Å². The SMILES string of the molecule is O=Nc1cc(C(F)(F)F)cc2c(=O)nc(N3CCN(S(=O)(=O)C4CCCCC4)CC3)sc12. The second-order valence-electron chi connectivity index (χ2n) is 7.95. The van der Waals surface area contributed by atoms with Gasteiger partial charge in [-0.25, -0.2) is 8.42 Å². The van der Waals surface area contributed by atoms with E-state index in [2.05, 4.69) is 10.2 Å². The normalized spacial score (nSPS) is 19.4. The molecule has 4 rings (SSSR count). The number of piperazine rings is 1. The van der Waals surface area contributed by atoms with Gasteiger partial charge in [-0.2, -0.15) is 22.5 Å². The van der Waals surface area contributed by atoms with E-state index in [4.69, 9.17) is 0 Å². The Morgan fingerprint density at radius 3 is 2.31 bits per heavy atom. The minimum atomic E-state index is -4.73. The highest BCUT2D eigenvalue weighted by Crippen LogP contribution is 2.38. The van der Waals surface area contributed by atoms with E-state index in [1.54, 1.807) is 4.90 Å². The van der Waals surface area contributed by atoms with Crippen molar-refractivity contribution in [3.63, 3.8) is 0 Å². The van der Waals surface area contributed by atoms with Gasteiger partial charge >= 0.3 is 6.18 Å². The van der Waals surface area contributed by atoms with Crippen molar-refractivity contribution in [3.8, 4) is 0 Å². The van der Waals surface area contributed by atoms with Gasteiger partial charge in [-0.3, -0.25) is 4.79 Å². The fourth-order valence-electron chi connectivity index (χ4n) is 4.22. The van der Waals surface area contributed by atoms with E-state index in [-0.39, 0.29) is 46.6 Å². The molecule has 0 radical (unpaired) electrons. The third-order valence-corrected chi connectivity index (χ3v) is 9.52. The summed E-state index contributed by atoms with van der Waals surface area (Å²) in [6, 6.07) is 1.29. The van der Waals surface area contributed by atoms with Crippen LogP contribution in [-0.2, 0) is 16.2 Å². The second kappa shape index (κ2) is 8.67. The lowest BCUT2D eigenvalue weighted by Gasteiger charge is -2.36. The first-order valence-electron chi connectivity index (χ1n) is 10.2. The van der Waals surface area contributed by atoms with Crippen LogP contribution in [0.3, 0.4) is 0 Å². The Morgan fingerprint density at radius 2 is 1.72 bits per heavy atom. The van der Waals surface area contributed by atoms with Crippen LogP contribution in [0.15, 0.2) is 22.1 Å². The van der Waals surface area contributed by atoms with E-state index in [1.165, 1.54) is 4.31 Å². The van der Waals surface area contributed by atoms with Crippen molar-refractivity contribution in [2.24, 2.45) is 5.18 Å². The predicted molar refractivity (Wildman–Crippen MR) is 116 cm³/mol. The number of nitroso groups, excluding NO2 is 1. The Morgan fingerprint density at radius 1 is 1.06 bits per heavy atom. The molecule has 0 atom stereocenters. The molecule has 2 aliphatic rings. The Kier molecular flexibility index (Phi) is 6.25. The molecule has 8 nitrogen and oxygen atoms in total. The van der Waals surface area contributed by atoms with Crippen LogP contribution in [0.2, 0.25) is 0 Å². The van der Waals surface area contributed by atoms with Crippen molar-refractivity contribution < 1.29 is 21.6 Å². The molecular weight excluding hydrogens is 469 g/mol. The number of fused-ring (bicyclic) bond motifs is 1. The summed E-state index contributed by atoms with van der Waals surface area (Å²) in [4.78, 5) is 29.3. The molecular formula is C19H21F3N4O4S2. The Bertz CT molecular complexity index is 1190. The van der Waals surface area contributed by atoms with Crippen LogP contribution in [-0.4, -0.2) is 49.1 Å². The van der Waals surface area contributed by atoms with Gasteiger partial charge in [0.05, 0.1) is 20.9 Å². The van der Waals surface area contributed by atoms with Gasteiger partial charge in [0.15, 0.2) is 5.13 Å². The van der Waals surface area contributed by atoms with Crippen LogP contribution in [0, 0.1) is 4.91 Å². The van der Waals surface area contributed by atoms with E-state index < -0.39 is 33.0 Å². The third kappa shape index (κ3) is 4.37. The molecule has 1 aromatic carbocycles. The lowest BCUT2D eigenvalue weighted by atomic mass is 10.0. The van der Waals surface area contributed by atoms with Crippen molar-refractivity contribution in [2.75, 3.05) is 31.1 Å². The van der Waals surface area contributed by atoms with Crippen LogP contribution in [0.1, 0.15) is 37.7 Å². The summed E-state index contributed by atoms with van der Waals surface area (Å²) in [6.45, 7) is 1.02. The molecule has 174 valence electrons. The molecule has 1 saturated carbocycles. The zero-order chi connectivity index (χ0) is 23.1. The van der Waals surface area contributed by atoms with Crippen LogP contribution < -0.4 is 10.5 Å². The number of nitrogens with zero attached hydrogens (tertiary/aromatic N) is 4. The number of benzene rings is 1. The van der Waals surface area contributed by atoms with Gasteiger partial charge in [-0.05, 0) is 30.2 Å². The molecule has 0 N–H and O–H groups in total. The third-order valence-electron chi connectivity index (χ3n) is 5.96. The summed E-state index contributed by atoms with van der Waals surface area (Å²) in [5, 5.41) is 2.23. The lowest BCUT2D eigenvalue weighted by Crippen LogP contribution is -2.51. The number of aromatic nitrogens is 1. The van der Waals surface area contributed by atoms with E-state index in [0.717, 1.165) is 30.6 Å². The minimum absolute atomic E-state index is 0.0280. The molecule has 1 saturated heterocycles. The van der Waals surface area contributed by atoms with Crippen LogP contribution in [0.25, 0.3) is 10.1 Å². The molecule has 0 unspecified atom stereocenters. The highest BCUT2D eigenvalue weighted by atomic mass is 32.2. The van der Waals surface area contributed by atoms with Crippen LogP contribution in [0.4, 0.5) is 24.0 Å². The standard InChI is InChI=1S/C19H21F3N4O4S2/c20-19(21,22)12-10-14-16(15(11-12)24-28)31-18(23-17(14)27)25-6-8-26(9-7-25)32(29,30)13-4-2-1-3-5-13/h10-11,13H,1-9H2. The average molecular weight is 491 g/mol. The van der Waals surface area contributed by atoms with Gasteiger partial charge in [0, 0.05) is 26.2 Å². The lowest BCUT2D eigenvalue weighted by molar-refractivity contribution is -0.137.